The number of methoxy groups -OCH3 is 1. The molecular weight excluding hydrogens is 284 g/mol. The third-order valence-corrected chi connectivity index (χ3v) is 4.91. The van der Waals surface area contributed by atoms with Crippen LogP contribution in [0.5, 0.6) is 0 Å². The van der Waals surface area contributed by atoms with E-state index in [4.69, 9.17) is 0 Å². The minimum absolute atomic E-state index is 0.0272. The van der Waals surface area contributed by atoms with Gasteiger partial charge in [-0.25, -0.2) is 13.2 Å². The fraction of sp³-hybridized carbons (Fsp3) is 0.833. The first kappa shape index (κ1) is 16.9. The molecule has 8 heteroatoms. The molecule has 0 bridgehead atoms. The summed E-state index contributed by atoms with van der Waals surface area (Å²) in [5.41, 5.74) is 0. The van der Waals surface area contributed by atoms with Crippen LogP contribution in [-0.2, 0) is 24.2 Å². The summed E-state index contributed by atoms with van der Waals surface area (Å²) < 4.78 is 27.6. The SMILES string of the molecule is COC(=O)C(NC(=O)CC1CS(=O)(=O)CCN1)C(C)C. The third-order valence-electron chi connectivity index (χ3n) is 3.17. The predicted octanol–water partition coefficient (Wildman–Crippen LogP) is -0.923. The Morgan fingerprint density at radius 2 is 2.05 bits per heavy atom. The van der Waals surface area contributed by atoms with Crippen molar-refractivity contribution in [3.63, 3.8) is 0 Å². The van der Waals surface area contributed by atoms with Crippen LogP contribution in [0.1, 0.15) is 20.3 Å². The molecular formula is C12H22N2O5S. The van der Waals surface area contributed by atoms with Crippen LogP contribution in [0, 0.1) is 5.92 Å². The molecule has 0 radical (unpaired) electrons. The second kappa shape index (κ2) is 7.03. The van der Waals surface area contributed by atoms with Gasteiger partial charge in [-0.1, -0.05) is 13.8 Å². The lowest BCUT2D eigenvalue weighted by atomic mass is 10.0. The number of hydrogen-bond donors (Lipinski definition) is 2. The minimum atomic E-state index is -3.08. The lowest BCUT2D eigenvalue weighted by molar-refractivity contribution is -0.146. The summed E-state index contributed by atoms with van der Waals surface area (Å²) in [6.45, 7) is 3.95. The number of hydrogen-bond acceptors (Lipinski definition) is 6. The summed E-state index contributed by atoms with van der Waals surface area (Å²) in [7, 11) is -1.81. The van der Waals surface area contributed by atoms with E-state index < -0.39 is 27.9 Å². The van der Waals surface area contributed by atoms with Gasteiger partial charge in [0.25, 0.3) is 0 Å². The largest absolute Gasteiger partial charge is 0.467 e. The first-order valence-electron chi connectivity index (χ1n) is 6.56. The average Bonchev–Trinajstić information content (AvgIpc) is 2.33. The Kier molecular flexibility index (Phi) is 5.94. The Labute approximate surface area is 119 Å². The van der Waals surface area contributed by atoms with E-state index in [-0.39, 0.29) is 29.8 Å². The standard InChI is InChI=1S/C12H22N2O5S/c1-8(2)11(12(16)19-3)14-10(15)6-9-7-20(17,18)5-4-13-9/h8-9,11,13H,4-7H2,1-3H3,(H,14,15). The lowest BCUT2D eigenvalue weighted by Gasteiger charge is -2.25. The maximum absolute atomic E-state index is 11.9. The molecule has 0 spiro atoms. The van der Waals surface area contributed by atoms with Crippen molar-refractivity contribution in [2.45, 2.75) is 32.4 Å². The van der Waals surface area contributed by atoms with Crippen molar-refractivity contribution in [3.05, 3.63) is 0 Å². The fourth-order valence-electron chi connectivity index (χ4n) is 2.08. The van der Waals surface area contributed by atoms with E-state index in [1.54, 1.807) is 13.8 Å². The van der Waals surface area contributed by atoms with E-state index in [0.29, 0.717) is 6.54 Å². The fourth-order valence-corrected chi connectivity index (χ4v) is 3.52. The highest BCUT2D eigenvalue weighted by atomic mass is 32.2. The topological polar surface area (TPSA) is 102 Å². The Morgan fingerprint density at radius 3 is 2.55 bits per heavy atom. The quantitative estimate of drug-likeness (QED) is 0.637. The van der Waals surface area contributed by atoms with Gasteiger partial charge in [0.15, 0.2) is 9.84 Å². The zero-order valence-corrected chi connectivity index (χ0v) is 12.8. The number of carbonyl (C=O) groups excluding carboxylic acids is 2. The van der Waals surface area contributed by atoms with Crippen LogP contribution in [0.3, 0.4) is 0 Å². The van der Waals surface area contributed by atoms with Gasteiger partial charge in [-0.3, -0.25) is 4.79 Å². The van der Waals surface area contributed by atoms with Crippen LogP contribution in [-0.4, -0.2) is 57.5 Å². The third kappa shape index (κ3) is 5.09. The minimum Gasteiger partial charge on any atom is -0.467 e. The van der Waals surface area contributed by atoms with Crippen molar-refractivity contribution in [2.75, 3.05) is 25.2 Å². The molecule has 7 nitrogen and oxygen atoms in total. The van der Waals surface area contributed by atoms with Gasteiger partial charge in [-0.05, 0) is 5.92 Å². The van der Waals surface area contributed by atoms with Gasteiger partial charge in [0.1, 0.15) is 6.04 Å². The number of nitrogens with one attached hydrogen (secondary N) is 2. The van der Waals surface area contributed by atoms with E-state index in [9.17, 15) is 18.0 Å². The summed E-state index contributed by atoms with van der Waals surface area (Å²) in [5, 5.41) is 5.59. The summed E-state index contributed by atoms with van der Waals surface area (Å²) in [6, 6.07) is -1.12. The highest BCUT2D eigenvalue weighted by molar-refractivity contribution is 7.91. The monoisotopic (exact) mass is 306 g/mol. The smallest absolute Gasteiger partial charge is 0.328 e. The highest BCUT2D eigenvalue weighted by Crippen LogP contribution is 2.07. The molecule has 1 amide bonds. The first-order chi connectivity index (χ1) is 9.25. The summed E-state index contributed by atoms with van der Waals surface area (Å²) in [4.78, 5) is 23.4. The van der Waals surface area contributed by atoms with Gasteiger partial charge in [0.05, 0.1) is 18.6 Å². The van der Waals surface area contributed by atoms with Crippen LogP contribution in [0.15, 0.2) is 0 Å². The number of sulfone groups is 1. The van der Waals surface area contributed by atoms with E-state index >= 15 is 0 Å². The van der Waals surface area contributed by atoms with Crippen LogP contribution in [0.4, 0.5) is 0 Å². The maximum atomic E-state index is 11.9. The normalized spacial score (nSPS) is 23.1. The Hall–Kier alpha value is -1.15. The number of ether oxygens (including phenoxy) is 1. The van der Waals surface area contributed by atoms with E-state index in [0.717, 1.165) is 0 Å². The molecule has 2 atom stereocenters. The van der Waals surface area contributed by atoms with Gasteiger partial charge in [0, 0.05) is 19.0 Å². The molecule has 0 aliphatic carbocycles. The van der Waals surface area contributed by atoms with E-state index in [1.165, 1.54) is 7.11 Å². The molecule has 2 N–H and O–H groups in total. The van der Waals surface area contributed by atoms with Crippen molar-refractivity contribution >= 4 is 21.7 Å². The molecule has 20 heavy (non-hydrogen) atoms. The molecule has 1 heterocycles. The zero-order chi connectivity index (χ0) is 15.3. The van der Waals surface area contributed by atoms with Gasteiger partial charge < -0.3 is 15.4 Å². The van der Waals surface area contributed by atoms with Crippen LogP contribution in [0.25, 0.3) is 0 Å². The molecule has 1 aliphatic rings. The van der Waals surface area contributed by atoms with Crippen molar-refractivity contribution in [1.82, 2.24) is 10.6 Å². The van der Waals surface area contributed by atoms with Gasteiger partial charge >= 0.3 is 5.97 Å². The Morgan fingerprint density at radius 1 is 1.40 bits per heavy atom. The molecule has 1 rings (SSSR count). The summed E-state index contributed by atoms with van der Waals surface area (Å²) in [6.07, 6.45) is 0.0272. The van der Waals surface area contributed by atoms with Crippen LogP contribution < -0.4 is 10.6 Å². The van der Waals surface area contributed by atoms with Crippen molar-refractivity contribution in [1.29, 1.82) is 0 Å². The van der Waals surface area contributed by atoms with Crippen molar-refractivity contribution < 1.29 is 22.7 Å². The van der Waals surface area contributed by atoms with Crippen molar-refractivity contribution in [2.24, 2.45) is 5.92 Å². The molecule has 116 valence electrons. The highest BCUT2D eigenvalue weighted by Gasteiger charge is 2.29. The van der Waals surface area contributed by atoms with Crippen LogP contribution >= 0.6 is 0 Å². The molecule has 0 saturated carbocycles. The predicted molar refractivity (Wildman–Crippen MR) is 73.8 cm³/mol. The molecule has 0 aromatic carbocycles. The second-order valence-electron chi connectivity index (χ2n) is 5.28. The number of carbonyl (C=O) groups is 2. The Balaban J connectivity index is 2.56. The second-order valence-corrected chi connectivity index (χ2v) is 7.51. The molecule has 1 fully saturated rings. The summed E-state index contributed by atoms with van der Waals surface area (Å²) >= 11 is 0. The molecule has 1 saturated heterocycles. The maximum Gasteiger partial charge on any atom is 0.328 e. The first-order valence-corrected chi connectivity index (χ1v) is 8.38. The van der Waals surface area contributed by atoms with E-state index in [2.05, 4.69) is 15.4 Å². The molecule has 1 aliphatic heterocycles. The van der Waals surface area contributed by atoms with Crippen molar-refractivity contribution in [3.8, 4) is 0 Å². The molecule has 0 aromatic rings. The van der Waals surface area contributed by atoms with Gasteiger partial charge in [0.2, 0.25) is 5.91 Å². The van der Waals surface area contributed by atoms with E-state index in [1.807, 2.05) is 0 Å². The van der Waals surface area contributed by atoms with Crippen LogP contribution in [0.2, 0.25) is 0 Å². The number of esters is 1. The summed E-state index contributed by atoms with van der Waals surface area (Å²) in [5.74, 6) is -0.914. The van der Waals surface area contributed by atoms with Gasteiger partial charge in [-0.2, -0.15) is 0 Å². The van der Waals surface area contributed by atoms with Gasteiger partial charge in [-0.15, -0.1) is 0 Å². The number of rotatable bonds is 5. The molecule has 0 aromatic heterocycles. The Bertz CT molecular complexity index is 460. The average molecular weight is 306 g/mol. The molecule has 2 unspecified atom stereocenters. The zero-order valence-electron chi connectivity index (χ0n) is 12.0. The number of amides is 1. The lowest BCUT2D eigenvalue weighted by Crippen LogP contribution is -2.50.